The number of hydrogen-bond acceptors (Lipinski definition) is 2. The van der Waals surface area contributed by atoms with E-state index >= 15 is 0 Å². The molecule has 0 saturated heterocycles. The zero-order valence-electron chi connectivity index (χ0n) is 11.0. The van der Waals surface area contributed by atoms with Crippen LogP contribution >= 0.6 is 0 Å². The third kappa shape index (κ3) is 2.88. The third-order valence-electron chi connectivity index (χ3n) is 2.85. The van der Waals surface area contributed by atoms with Gasteiger partial charge in [-0.05, 0) is 18.2 Å². The average molecular weight is 248 g/mol. The van der Waals surface area contributed by atoms with E-state index in [0.717, 1.165) is 23.5 Å². The number of nitrogens with zero attached hydrogens (tertiary/aromatic N) is 2. The maximum atomic E-state index is 5.86. The Morgan fingerprint density at radius 3 is 2.76 bits per heavy atom. The molecule has 0 saturated carbocycles. The molecule has 0 spiro atoms. The van der Waals surface area contributed by atoms with Gasteiger partial charge in [0.15, 0.2) is 5.88 Å². The highest BCUT2D eigenvalue weighted by Crippen LogP contribution is 2.22. The minimum atomic E-state index is -1.02. The number of fused-ring (bicyclic) bond motifs is 1. The van der Waals surface area contributed by atoms with Gasteiger partial charge in [-0.2, -0.15) is 0 Å². The lowest BCUT2D eigenvalue weighted by molar-refractivity contribution is 0.315. The van der Waals surface area contributed by atoms with Crippen LogP contribution in [0.3, 0.4) is 0 Å². The van der Waals surface area contributed by atoms with E-state index < -0.39 is 8.07 Å². The number of pyridine rings is 1. The van der Waals surface area contributed by atoms with Crippen LogP contribution in [0.1, 0.15) is 0 Å². The molecule has 0 aromatic carbocycles. The zero-order chi connectivity index (χ0) is 12.5. The molecule has 92 valence electrons. The third-order valence-corrected chi connectivity index (χ3v) is 4.55. The maximum Gasteiger partial charge on any atom is 0.195 e. The van der Waals surface area contributed by atoms with E-state index in [9.17, 15) is 0 Å². The van der Waals surface area contributed by atoms with Crippen LogP contribution in [0.4, 0.5) is 0 Å². The molecule has 0 amide bonds. The van der Waals surface area contributed by atoms with E-state index in [1.807, 2.05) is 23.9 Å². The number of ether oxygens (including phenoxy) is 1. The van der Waals surface area contributed by atoms with Crippen LogP contribution in [0.25, 0.3) is 11.0 Å². The maximum absolute atomic E-state index is 5.86. The molecular weight excluding hydrogens is 228 g/mol. The normalized spacial score (nSPS) is 12.0. The van der Waals surface area contributed by atoms with Gasteiger partial charge in [0.25, 0.3) is 0 Å². The summed E-state index contributed by atoms with van der Waals surface area (Å²) in [6.07, 6.45) is 1.81. The van der Waals surface area contributed by atoms with Gasteiger partial charge in [-0.1, -0.05) is 19.6 Å². The summed E-state index contributed by atoms with van der Waals surface area (Å²) in [6.45, 7) is 7.89. The van der Waals surface area contributed by atoms with Crippen LogP contribution in [0.5, 0.6) is 5.88 Å². The Morgan fingerprint density at radius 2 is 2.12 bits per heavy atom. The summed E-state index contributed by atoms with van der Waals surface area (Å²) in [5.41, 5.74) is 0.982. The highest BCUT2D eigenvalue weighted by molar-refractivity contribution is 6.76. The zero-order valence-corrected chi connectivity index (χ0v) is 12.0. The van der Waals surface area contributed by atoms with Crippen LogP contribution in [0, 0.1) is 0 Å². The molecule has 0 unspecified atom stereocenters. The quantitative estimate of drug-likeness (QED) is 0.776. The first-order valence-corrected chi connectivity index (χ1v) is 9.71. The Kier molecular flexibility index (Phi) is 3.24. The van der Waals surface area contributed by atoms with E-state index in [0.29, 0.717) is 0 Å². The van der Waals surface area contributed by atoms with E-state index in [1.165, 1.54) is 6.04 Å². The molecule has 2 aromatic rings. The van der Waals surface area contributed by atoms with Crippen molar-refractivity contribution >= 4 is 19.1 Å². The fourth-order valence-electron chi connectivity index (χ4n) is 1.74. The fraction of sp³-hybridized carbons (Fsp3) is 0.462. The van der Waals surface area contributed by atoms with Crippen LogP contribution in [-0.2, 0) is 7.05 Å². The highest BCUT2D eigenvalue weighted by atomic mass is 28.3. The second-order valence-corrected chi connectivity index (χ2v) is 11.2. The van der Waals surface area contributed by atoms with E-state index in [2.05, 4.69) is 36.8 Å². The molecule has 2 heterocycles. The smallest absolute Gasteiger partial charge is 0.195 e. The van der Waals surface area contributed by atoms with Gasteiger partial charge < -0.3 is 4.74 Å². The fourth-order valence-corrected chi connectivity index (χ4v) is 2.45. The largest absolute Gasteiger partial charge is 0.479 e. The number of hydrogen-bond donors (Lipinski definition) is 0. The molecular formula is C13H20N2OSi. The number of aryl methyl sites for hydroxylation is 1. The van der Waals surface area contributed by atoms with Crippen molar-refractivity contribution in [2.75, 3.05) is 6.61 Å². The van der Waals surface area contributed by atoms with Crippen molar-refractivity contribution in [3.8, 4) is 5.88 Å². The van der Waals surface area contributed by atoms with Crippen LogP contribution < -0.4 is 4.74 Å². The summed E-state index contributed by atoms with van der Waals surface area (Å²) < 4.78 is 7.87. The highest BCUT2D eigenvalue weighted by Gasteiger charge is 2.13. The van der Waals surface area contributed by atoms with Crippen LogP contribution in [-0.4, -0.2) is 24.2 Å². The van der Waals surface area contributed by atoms with Gasteiger partial charge in [0.1, 0.15) is 5.65 Å². The lowest BCUT2D eigenvalue weighted by Gasteiger charge is -2.15. The van der Waals surface area contributed by atoms with Gasteiger partial charge in [-0.3, -0.25) is 4.57 Å². The molecule has 17 heavy (non-hydrogen) atoms. The molecule has 0 aliphatic carbocycles. The van der Waals surface area contributed by atoms with E-state index in [4.69, 9.17) is 4.74 Å². The number of rotatable bonds is 4. The van der Waals surface area contributed by atoms with Gasteiger partial charge in [0, 0.05) is 32.8 Å². The number of aromatic nitrogens is 2. The Labute approximate surface area is 103 Å². The summed E-state index contributed by atoms with van der Waals surface area (Å²) >= 11 is 0. The first-order chi connectivity index (χ1) is 7.97. The topological polar surface area (TPSA) is 27.1 Å². The molecule has 0 fully saturated rings. The first-order valence-electron chi connectivity index (χ1n) is 6.01. The van der Waals surface area contributed by atoms with Crippen molar-refractivity contribution in [2.45, 2.75) is 25.7 Å². The molecule has 2 aromatic heterocycles. The minimum Gasteiger partial charge on any atom is -0.479 e. The Balaban J connectivity index is 2.11. The summed E-state index contributed by atoms with van der Waals surface area (Å²) in [5.74, 6) is 0.914. The summed E-state index contributed by atoms with van der Waals surface area (Å²) in [5, 5.41) is 1.14. The second-order valence-electron chi connectivity index (χ2n) is 5.62. The van der Waals surface area contributed by atoms with Crippen molar-refractivity contribution in [1.82, 2.24) is 9.55 Å². The second kappa shape index (κ2) is 4.53. The van der Waals surface area contributed by atoms with E-state index in [-0.39, 0.29) is 0 Å². The lowest BCUT2D eigenvalue weighted by Crippen LogP contribution is -2.22. The molecule has 0 atom stereocenters. The predicted octanol–water partition coefficient (Wildman–Crippen LogP) is 3.29. The SMILES string of the molecule is Cn1c(OCC[Si](C)(C)C)cc2cccnc21. The van der Waals surface area contributed by atoms with Gasteiger partial charge in [0.05, 0.1) is 6.61 Å². The average Bonchev–Trinajstić information content (AvgIpc) is 2.55. The standard InChI is InChI=1S/C13H20N2OSi/c1-15-12(16-8-9-17(2,3)4)10-11-6-5-7-14-13(11)15/h5-7,10H,8-9H2,1-4H3. The van der Waals surface area contributed by atoms with Crippen LogP contribution in [0.2, 0.25) is 25.7 Å². The van der Waals surface area contributed by atoms with E-state index in [1.54, 1.807) is 0 Å². The van der Waals surface area contributed by atoms with Crippen molar-refractivity contribution < 1.29 is 4.74 Å². The lowest BCUT2D eigenvalue weighted by atomic mass is 10.3. The Hall–Kier alpha value is -1.29. The van der Waals surface area contributed by atoms with Gasteiger partial charge in [-0.15, -0.1) is 0 Å². The molecule has 0 bridgehead atoms. The Morgan fingerprint density at radius 1 is 1.35 bits per heavy atom. The molecule has 0 N–H and O–H groups in total. The van der Waals surface area contributed by atoms with Gasteiger partial charge >= 0.3 is 0 Å². The predicted molar refractivity (Wildman–Crippen MR) is 74.4 cm³/mol. The van der Waals surface area contributed by atoms with Crippen LogP contribution in [0.15, 0.2) is 24.4 Å². The van der Waals surface area contributed by atoms with Crippen molar-refractivity contribution in [3.63, 3.8) is 0 Å². The molecule has 0 aliphatic heterocycles. The van der Waals surface area contributed by atoms with Crippen molar-refractivity contribution in [2.24, 2.45) is 7.05 Å². The van der Waals surface area contributed by atoms with Crippen molar-refractivity contribution in [3.05, 3.63) is 24.4 Å². The summed E-state index contributed by atoms with van der Waals surface area (Å²) in [4.78, 5) is 4.35. The molecule has 4 heteroatoms. The Bertz CT molecular complexity index is 514. The summed E-state index contributed by atoms with van der Waals surface area (Å²) in [7, 11) is 0.982. The van der Waals surface area contributed by atoms with Gasteiger partial charge in [-0.25, -0.2) is 4.98 Å². The molecule has 2 rings (SSSR count). The monoisotopic (exact) mass is 248 g/mol. The first kappa shape index (κ1) is 12.2. The molecule has 0 radical (unpaired) electrons. The summed E-state index contributed by atoms with van der Waals surface area (Å²) in [6, 6.07) is 7.26. The minimum absolute atomic E-state index is 0.805. The molecule has 3 nitrogen and oxygen atoms in total. The van der Waals surface area contributed by atoms with Crippen molar-refractivity contribution in [1.29, 1.82) is 0 Å². The molecule has 0 aliphatic rings. The van der Waals surface area contributed by atoms with Gasteiger partial charge in [0.2, 0.25) is 0 Å².